The van der Waals surface area contributed by atoms with Gasteiger partial charge in [-0.25, -0.2) is 18.7 Å². The summed E-state index contributed by atoms with van der Waals surface area (Å²) in [6.45, 7) is 4.91. The summed E-state index contributed by atoms with van der Waals surface area (Å²) in [5, 5.41) is 13.0. The van der Waals surface area contributed by atoms with Crippen molar-refractivity contribution in [1.82, 2.24) is 14.3 Å². The largest absolute Gasteiger partial charge is 0.394 e. The standard InChI is InChI=1S/C21H29F2N5O4S2/c1-14(2)10-16(12-29)24-18-11-19(27-34(30,31)28-6-8-32-9-7-28)26-21(25-18)33-13-15-4-3-5-17(22)20(15)23/h3-5,11,14,16,29H,6-10,12-13H2,1-2H3,(H2,24,25,26,27)/t16-/m1/s1. The summed E-state index contributed by atoms with van der Waals surface area (Å²) in [6, 6.07) is 5.03. The fourth-order valence-corrected chi connectivity index (χ4v) is 5.32. The van der Waals surface area contributed by atoms with E-state index in [0.29, 0.717) is 31.4 Å². The minimum Gasteiger partial charge on any atom is -0.394 e. The number of thioether (sulfide) groups is 1. The molecular weight excluding hydrogens is 488 g/mol. The highest BCUT2D eigenvalue weighted by Crippen LogP contribution is 2.26. The van der Waals surface area contributed by atoms with Crippen LogP contribution in [0.5, 0.6) is 0 Å². The second-order valence-electron chi connectivity index (χ2n) is 8.19. The Balaban J connectivity index is 1.85. The molecule has 0 spiro atoms. The SMILES string of the molecule is CC(C)C[C@H](CO)Nc1cc(NS(=O)(=O)N2CCOCC2)nc(SCc2cccc(F)c2F)n1. The van der Waals surface area contributed by atoms with Crippen LogP contribution < -0.4 is 10.0 Å². The topological polar surface area (TPSA) is 117 Å². The van der Waals surface area contributed by atoms with Crippen molar-refractivity contribution < 1.29 is 27.0 Å². The van der Waals surface area contributed by atoms with Gasteiger partial charge in [-0.2, -0.15) is 12.7 Å². The number of aromatic nitrogens is 2. The van der Waals surface area contributed by atoms with Crippen LogP contribution in [-0.4, -0.2) is 66.7 Å². The molecule has 2 aromatic rings. The van der Waals surface area contributed by atoms with E-state index in [1.807, 2.05) is 13.8 Å². The maximum Gasteiger partial charge on any atom is 0.302 e. The molecule has 1 aliphatic heterocycles. The molecule has 0 unspecified atom stereocenters. The van der Waals surface area contributed by atoms with Crippen LogP contribution in [0.3, 0.4) is 0 Å². The molecule has 34 heavy (non-hydrogen) atoms. The predicted octanol–water partition coefficient (Wildman–Crippen LogP) is 2.85. The lowest BCUT2D eigenvalue weighted by atomic mass is 10.0. The molecule has 1 fully saturated rings. The number of nitrogens with zero attached hydrogens (tertiary/aromatic N) is 3. The van der Waals surface area contributed by atoms with E-state index in [-0.39, 0.29) is 48.0 Å². The first-order valence-corrected chi connectivity index (χ1v) is 13.3. The fourth-order valence-electron chi connectivity index (χ4n) is 3.36. The molecule has 0 saturated carbocycles. The summed E-state index contributed by atoms with van der Waals surface area (Å²) in [7, 11) is -3.89. The molecule has 13 heteroatoms. The van der Waals surface area contributed by atoms with Crippen LogP contribution in [0.15, 0.2) is 29.4 Å². The highest BCUT2D eigenvalue weighted by atomic mass is 32.2. The number of benzene rings is 1. The maximum atomic E-state index is 14.1. The van der Waals surface area contributed by atoms with Gasteiger partial charge in [-0.1, -0.05) is 37.7 Å². The average molecular weight is 518 g/mol. The number of ether oxygens (including phenoxy) is 1. The molecule has 1 aromatic heterocycles. The second-order valence-corrected chi connectivity index (χ2v) is 10.8. The second kappa shape index (κ2) is 12.1. The normalized spacial score (nSPS) is 15.9. The van der Waals surface area contributed by atoms with Crippen LogP contribution in [0.25, 0.3) is 0 Å². The van der Waals surface area contributed by atoms with Crippen molar-refractivity contribution in [2.75, 3.05) is 42.9 Å². The van der Waals surface area contributed by atoms with Crippen molar-refractivity contribution in [2.24, 2.45) is 5.92 Å². The third kappa shape index (κ3) is 7.47. The summed E-state index contributed by atoms with van der Waals surface area (Å²) in [6.07, 6.45) is 0.659. The number of hydrogen-bond acceptors (Lipinski definition) is 8. The molecule has 9 nitrogen and oxygen atoms in total. The molecule has 188 valence electrons. The molecular formula is C21H29F2N5O4S2. The van der Waals surface area contributed by atoms with Gasteiger partial charge < -0.3 is 15.2 Å². The van der Waals surface area contributed by atoms with Crippen molar-refractivity contribution >= 4 is 33.6 Å². The van der Waals surface area contributed by atoms with E-state index in [9.17, 15) is 22.3 Å². The van der Waals surface area contributed by atoms with Gasteiger partial charge in [0.05, 0.1) is 25.9 Å². The van der Waals surface area contributed by atoms with Gasteiger partial charge in [0.1, 0.15) is 11.6 Å². The van der Waals surface area contributed by atoms with Crippen LogP contribution in [0.2, 0.25) is 0 Å². The molecule has 1 aliphatic rings. The molecule has 1 saturated heterocycles. The van der Waals surface area contributed by atoms with Gasteiger partial charge >= 0.3 is 10.2 Å². The number of rotatable bonds is 11. The molecule has 0 radical (unpaired) electrons. The molecule has 0 bridgehead atoms. The monoisotopic (exact) mass is 517 g/mol. The minimum atomic E-state index is -3.89. The third-order valence-corrected chi connectivity index (χ3v) is 7.37. The Labute approximate surface area is 202 Å². The summed E-state index contributed by atoms with van der Waals surface area (Å²) < 4.78 is 62.1. The Morgan fingerprint density at radius 1 is 1.21 bits per heavy atom. The van der Waals surface area contributed by atoms with E-state index in [4.69, 9.17) is 4.74 Å². The fraction of sp³-hybridized carbons (Fsp3) is 0.524. The van der Waals surface area contributed by atoms with Crippen LogP contribution >= 0.6 is 11.8 Å². The predicted molar refractivity (Wildman–Crippen MR) is 127 cm³/mol. The van der Waals surface area contributed by atoms with E-state index < -0.39 is 21.8 Å². The first-order chi connectivity index (χ1) is 16.2. The van der Waals surface area contributed by atoms with Crippen molar-refractivity contribution in [2.45, 2.75) is 37.2 Å². The van der Waals surface area contributed by atoms with E-state index in [1.54, 1.807) is 0 Å². The lowest BCUT2D eigenvalue weighted by Gasteiger charge is -2.26. The van der Waals surface area contributed by atoms with Crippen molar-refractivity contribution in [3.05, 3.63) is 41.5 Å². The number of morpholine rings is 1. The molecule has 3 N–H and O–H groups in total. The summed E-state index contributed by atoms with van der Waals surface area (Å²) in [4.78, 5) is 8.64. The number of hydrogen-bond donors (Lipinski definition) is 3. The van der Waals surface area contributed by atoms with Crippen LogP contribution in [0.4, 0.5) is 20.4 Å². The van der Waals surface area contributed by atoms with Gasteiger partial charge in [-0.3, -0.25) is 4.72 Å². The van der Waals surface area contributed by atoms with E-state index >= 15 is 0 Å². The van der Waals surface area contributed by atoms with Crippen molar-refractivity contribution in [3.63, 3.8) is 0 Å². The van der Waals surface area contributed by atoms with Gasteiger partial charge in [0.2, 0.25) is 0 Å². The van der Waals surface area contributed by atoms with Gasteiger partial charge in [-0.05, 0) is 18.4 Å². The molecule has 0 amide bonds. The Hall–Kier alpha value is -2.06. The third-order valence-electron chi connectivity index (χ3n) is 4.97. The maximum absolute atomic E-state index is 14.1. The van der Waals surface area contributed by atoms with Crippen LogP contribution in [0.1, 0.15) is 25.8 Å². The Kier molecular flexibility index (Phi) is 9.42. The minimum absolute atomic E-state index is 0.0208. The van der Waals surface area contributed by atoms with E-state index in [2.05, 4.69) is 20.0 Å². The quantitative estimate of drug-likeness (QED) is 0.308. The zero-order valence-corrected chi connectivity index (χ0v) is 20.6. The van der Waals surface area contributed by atoms with E-state index in [0.717, 1.165) is 17.8 Å². The number of aliphatic hydroxyl groups excluding tert-OH is 1. The summed E-state index contributed by atoms with van der Waals surface area (Å²) >= 11 is 1.04. The van der Waals surface area contributed by atoms with Gasteiger partial charge in [0.15, 0.2) is 16.8 Å². The number of anilines is 2. The zero-order valence-electron chi connectivity index (χ0n) is 19.0. The van der Waals surface area contributed by atoms with Gasteiger partial charge in [-0.15, -0.1) is 0 Å². The summed E-state index contributed by atoms with van der Waals surface area (Å²) in [5.74, 6) is -1.24. The van der Waals surface area contributed by atoms with Gasteiger partial charge in [0.25, 0.3) is 0 Å². The number of halogens is 2. The zero-order chi connectivity index (χ0) is 24.7. The Morgan fingerprint density at radius 3 is 2.59 bits per heavy atom. The molecule has 1 atom stereocenters. The lowest BCUT2D eigenvalue weighted by Crippen LogP contribution is -2.43. The first-order valence-electron chi connectivity index (χ1n) is 10.9. The average Bonchev–Trinajstić information content (AvgIpc) is 2.79. The Morgan fingerprint density at radius 2 is 1.91 bits per heavy atom. The molecule has 3 rings (SSSR count). The smallest absolute Gasteiger partial charge is 0.302 e. The van der Waals surface area contributed by atoms with Gasteiger partial charge in [0, 0.05) is 30.5 Å². The van der Waals surface area contributed by atoms with Crippen LogP contribution in [0, 0.1) is 17.6 Å². The molecule has 2 heterocycles. The van der Waals surface area contributed by atoms with Crippen molar-refractivity contribution in [3.8, 4) is 0 Å². The first kappa shape index (κ1) is 26.5. The van der Waals surface area contributed by atoms with Crippen LogP contribution in [-0.2, 0) is 20.7 Å². The molecule has 1 aromatic carbocycles. The number of aliphatic hydroxyl groups is 1. The molecule has 0 aliphatic carbocycles. The van der Waals surface area contributed by atoms with E-state index in [1.165, 1.54) is 22.5 Å². The highest BCUT2D eigenvalue weighted by molar-refractivity contribution is 7.98. The summed E-state index contributed by atoms with van der Waals surface area (Å²) in [5.41, 5.74) is 0.135. The van der Waals surface area contributed by atoms with Crippen molar-refractivity contribution in [1.29, 1.82) is 0 Å². The lowest BCUT2D eigenvalue weighted by molar-refractivity contribution is 0.0733. The highest BCUT2D eigenvalue weighted by Gasteiger charge is 2.25. The number of nitrogens with one attached hydrogen (secondary N) is 2. The Bertz CT molecular complexity index is 1070.